The van der Waals surface area contributed by atoms with Gasteiger partial charge in [0.1, 0.15) is 17.6 Å². The Kier molecular flexibility index (Phi) is 7.72. The molecule has 3 aliphatic rings. The third-order valence-corrected chi connectivity index (χ3v) is 9.02. The second-order valence-corrected chi connectivity index (χ2v) is 11.6. The number of aliphatic hydroxyl groups excluding tert-OH is 1. The Morgan fingerprint density at radius 2 is 1.89 bits per heavy atom. The van der Waals surface area contributed by atoms with Crippen molar-refractivity contribution in [2.75, 3.05) is 43.0 Å². The largest absolute Gasteiger partial charge is 0.395 e. The minimum Gasteiger partial charge on any atom is -0.395 e. The van der Waals surface area contributed by atoms with Crippen LogP contribution < -0.4 is 15.5 Å². The SMILES string of the molecule is CC(CO)N1CCN(c2ccc(NC(=O)[C@@H](NC(=O)c3ccnn3C)C(C3CCC3)C3(C)CC3)cn2)CC1. The van der Waals surface area contributed by atoms with Crippen molar-refractivity contribution in [1.82, 2.24) is 25.0 Å². The summed E-state index contributed by atoms with van der Waals surface area (Å²) in [5.41, 5.74) is 1.14. The molecule has 3 N–H and O–H groups in total. The van der Waals surface area contributed by atoms with E-state index >= 15 is 0 Å². The highest BCUT2D eigenvalue weighted by Gasteiger charge is 2.54. The van der Waals surface area contributed by atoms with Gasteiger partial charge in [0.2, 0.25) is 5.91 Å². The Balaban J connectivity index is 1.28. The van der Waals surface area contributed by atoms with Gasteiger partial charge in [-0.05, 0) is 55.2 Å². The smallest absolute Gasteiger partial charge is 0.270 e. The molecule has 0 spiro atoms. The predicted octanol–water partition coefficient (Wildman–Crippen LogP) is 2.27. The minimum atomic E-state index is -0.628. The number of aromatic nitrogens is 3. The second-order valence-electron chi connectivity index (χ2n) is 11.6. The Labute approximate surface area is 224 Å². The quantitative estimate of drug-likeness (QED) is 0.438. The van der Waals surface area contributed by atoms with Gasteiger partial charge in [0.25, 0.3) is 5.91 Å². The van der Waals surface area contributed by atoms with Crippen LogP contribution in [0.5, 0.6) is 0 Å². The fourth-order valence-corrected chi connectivity index (χ4v) is 6.08. The van der Waals surface area contributed by atoms with Crippen LogP contribution in [0.4, 0.5) is 11.5 Å². The Hall–Kier alpha value is -2.98. The molecule has 2 amide bonds. The minimum absolute atomic E-state index is 0.0740. The zero-order valence-electron chi connectivity index (χ0n) is 22.8. The maximum absolute atomic E-state index is 13.8. The monoisotopic (exact) mass is 523 g/mol. The number of aryl methyl sites for hydroxylation is 1. The molecule has 2 unspecified atom stereocenters. The highest BCUT2D eigenvalue weighted by Crippen LogP contribution is 2.58. The zero-order valence-corrected chi connectivity index (χ0v) is 22.8. The maximum atomic E-state index is 13.8. The third kappa shape index (κ3) is 5.56. The highest BCUT2D eigenvalue weighted by atomic mass is 16.3. The standard InChI is InChI=1S/C28H41N7O3/c1-19(18-36)34-13-15-35(16-14-34)23-8-7-21(17-29-23)31-27(38)25(32-26(37)22-9-12-30-33(22)3)24(20-5-4-6-20)28(2)10-11-28/h7-9,12,17,19-20,24-25,36H,4-6,10-11,13-16,18H2,1-3H3,(H,31,38)(H,32,37)/t19?,24?,25-/m0/s1. The molecular weight excluding hydrogens is 482 g/mol. The third-order valence-electron chi connectivity index (χ3n) is 9.02. The zero-order chi connectivity index (χ0) is 26.9. The Morgan fingerprint density at radius 1 is 1.16 bits per heavy atom. The summed E-state index contributed by atoms with van der Waals surface area (Å²) in [6, 6.07) is 5.04. The first kappa shape index (κ1) is 26.6. The molecule has 0 radical (unpaired) electrons. The van der Waals surface area contributed by atoms with Crippen molar-refractivity contribution in [1.29, 1.82) is 0 Å². The number of nitrogens with one attached hydrogen (secondary N) is 2. The number of carbonyl (C=O) groups excluding carboxylic acids is 2. The van der Waals surface area contributed by atoms with Crippen molar-refractivity contribution in [2.24, 2.45) is 24.3 Å². The van der Waals surface area contributed by atoms with Gasteiger partial charge >= 0.3 is 0 Å². The van der Waals surface area contributed by atoms with E-state index in [1.807, 2.05) is 19.1 Å². The molecule has 1 aliphatic heterocycles. The van der Waals surface area contributed by atoms with E-state index < -0.39 is 6.04 Å². The van der Waals surface area contributed by atoms with E-state index in [-0.39, 0.29) is 35.8 Å². The summed E-state index contributed by atoms with van der Waals surface area (Å²) in [6.45, 7) is 7.89. The van der Waals surface area contributed by atoms with Crippen LogP contribution >= 0.6 is 0 Å². The van der Waals surface area contributed by atoms with Gasteiger partial charge in [0, 0.05) is 45.5 Å². The van der Waals surface area contributed by atoms with Gasteiger partial charge in [-0.1, -0.05) is 26.2 Å². The summed E-state index contributed by atoms with van der Waals surface area (Å²) >= 11 is 0. The molecule has 0 aromatic carbocycles. The van der Waals surface area contributed by atoms with Gasteiger partial charge in [0.15, 0.2) is 0 Å². The summed E-state index contributed by atoms with van der Waals surface area (Å²) in [6.07, 6.45) is 8.85. The molecule has 3 heterocycles. The fraction of sp³-hybridized carbons (Fsp3) is 0.643. The lowest BCUT2D eigenvalue weighted by molar-refractivity contribution is -0.121. The Morgan fingerprint density at radius 3 is 2.42 bits per heavy atom. The number of amides is 2. The number of pyridine rings is 1. The number of aliphatic hydroxyl groups is 1. The molecular formula is C28H41N7O3. The van der Waals surface area contributed by atoms with E-state index in [0.29, 0.717) is 17.3 Å². The van der Waals surface area contributed by atoms with Gasteiger partial charge in [0.05, 0.1) is 18.5 Å². The van der Waals surface area contributed by atoms with Crippen LogP contribution in [-0.2, 0) is 11.8 Å². The van der Waals surface area contributed by atoms with Crippen molar-refractivity contribution < 1.29 is 14.7 Å². The van der Waals surface area contributed by atoms with E-state index in [1.54, 1.807) is 25.5 Å². The lowest BCUT2D eigenvalue weighted by Crippen LogP contribution is -2.54. The van der Waals surface area contributed by atoms with Gasteiger partial charge < -0.3 is 20.6 Å². The van der Waals surface area contributed by atoms with E-state index in [2.05, 4.69) is 37.4 Å². The van der Waals surface area contributed by atoms with Crippen LogP contribution in [0.15, 0.2) is 30.6 Å². The van der Waals surface area contributed by atoms with E-state index in [4.69, 9.17) is 0 Å². The van der Waals surface area contributed by atoms with E-state index in [9.17, 15) is 14.7 Å². The molecule has 10 heteroatoms. The van der Waals surface area contributed by atoms with Crippen LogP contribution in [0.25, 0.3) is 0 Å². The molecule has 10 nitrogen and oxygen atoms in total. The number of piperazine rings is 1. The molecule has 2 aromatic rings. The summed E-state index contributed by atoms with van der Waals surface area (Å²) in [7, 11) is 1.73. The summed E-state index contributed by atoms with van der Waals surface area (Å²) in [5.74, 6) is 0.947. The van der Waals surface area contributed by atoms with Crippen molar-refractivity contribution in [3.05, 3.63) is 36.3 Å². The average molecular weight is 524 g/mol. The van der Waals surface area contributed by atoms with E-state index in [0.717, 1.165) is 57.7 Å². The maximum Gasteiger partial charge on any atom is 0.270 e. The van der Waals surface area contributed by atoms with E-state index in [1.165, 1.54) is 11.1 Å². The van der Waals surface area contributed by atoms with Gasteiger partial charge in [-0.2, -0.15) is 5.10 Å². The molecule has 0 bridgehead atoms. The van der Waals surface area contributed by atoms with Gasteiger partial charge in [-0.3, -0.25) is 19.2 Å². The first-order valence-electron chi connectivity index (χ1n) is 13.9. The van der Waals surface area contributed by atoms with Crippen molar-refractivity contribution in [3.8, 4) is 0 Å². The summed E-state index contributed by atoms with van der Waals surface area (Å²) in [5, 5.41) is 19.7. The van der Waals surface area contributed by atoms with Gasteiger partial charge in [-0.15, -0.1) is 0 Å². The molecule has 2 aromatic heterocycles. The molecule has 2 aliphatic carbocycles. The van der Waals surface area contributed by atoms with Crippen LogP contribution in [0, 0.1) is 17.3 Å². The van der Waals surface area contributed by atoms with Crippen LogP contribution in [0.1, 0.15) is 56.4 Å². The van der Waals surface area contributed by atoms with Gasteiger partial charge in [-0.25, -0.2) is 4.98 Å². The molecule has 38 heavy (non-hydrogen) atoms. The lowest BCUT2D eigenvalue weighted by atomic mass is 9.66. The number of hydrogen-bond acceptors (Lipinski definition) is 7. The molecule has 206 valence electrons. The molecule has 5 rings (SSSR count). The molecule has 1 saturated heterocycles. The number of nitrogens with zero attached hydrogens (tertiary/aromatic N) is 5. The predicted molar refractivity (Wildman–Crippen MR) is 146 cm³/mol. The van der Waals surface area contributed by atoms with Crippen LogP contribution in [0.3, 0.4) is 0 Å². The number of carbonyl (C=O) groups is 2. The first-order valence-corrected chi connectivity index (χ1v) is 13.9. The molecule has 3 atom stereocenters. The lowest BCUT2D eigenvalue weighted by Gasteiger charge is -2.42. The molecule has 2 saturated carbocycles. The fourth-order valence-electron chi connectivity index (χ4n) is 6.08. The normalized spacial score (nSPS) is 21.7. The summed E-state index contributed by atoms with van der Waals surface area (Å²) in [4.78, 5) is 36.1. The van der Waals surface area contributed by atoms with Crippen molar-refractivity contribution >= 4 is 23.3 Å². The number of rotatable bonds is 10. The number of hydrogen-bond donors (Lipinski definition) is 3. The van der Waals surface area contributed by atoms with Crippen molar-refractivity contribution in [2.45, 2.75) is 58.0 Å². The summed E-state index contributed by atoms with van der Waals surface area (Å²) < 4.78 is 1.54. The van der Waals surface area contributed by atoms with Crippen LogP contribution in [-0.4, -0.2) is 81.5 Å². The highest BCUT2D eigenvalue weighted by molar-refractivity contribution is 6.00. The first-order chi connectivity index (χ1) is 18.3. The Bertz CT molecular complexity index is 1120. The molecule has 3 fully saturated rings. The van der Waals surface area contributed by atoms with Crippen molar-refractivity contribution in [3.63, 3.8) is 0 Å². The van der Waals surface area contributed by atoms with Crippen LogP contribution in [0.2, 0.25) is 0 Å². The average Bonchev–Trinajstić information content (AvgIpc) is 3.49. The number of anilines is 2. The topological polar surface area (TPSA) is 116 Å². The second kappa shape index (κ2) is 11.0.